The third kappa shape index (κ3) is 2.72. The number of phenolic OH excluding ortho intramolecular Hbond substituents is 1. The lowest BCUT2D eigenvalue weighted by Gasteiger charge is -2.28. The van der Waals surface area contributed by atoms with Gasteiger partial charge < -0.3 is 20.3 Å². The van der Waals surface area contributed by atoms with Crippen LogP contribution >= 0.6 is 31.9 Å². The second kappa shape index (κ2) is 6.38. The smallest absolute Gasteiger partial charge is 0.205 e. The zero-order valence-electron chi connectivity index (χ0n) is 12.5. The lowest BCUT2D eigenvalue weighted by Crippen LogP contribution is -2.21. The van der Waals surface area contributed by atoms with Gasteiger partial charge >= 0.3 is 0 Å². The van der Waals surface area contributed by atoms with Crippen molar-refractivity contribution < 1.29 is 14.6 Å². The Morgan fingerprint density at radius 2 is 2.00 bits per heavy atom. The van der Waals surface area contributed by atoms with Crippen LogP contribution in [0.25, 0.3) is 0 Å². The standard InChI is InChI=1S/C17H12Br2N2O3/c1-23-16-11(4-8(18)5-13(16)19)15-10-3-2-9(22)6-14(10)24-17(21)12(15)7-20/h2-6,15,22H,21H2,1H3/t15-/m1/s1. The van der Waals surface area contributed by atoms with Crippen molar-refractivity contribution in [3.63, 3.8) is 0 Å². The van der Waals surface area contributed by atoms with Crippen LogP contribution in [0, 0.1) is 11.3 Å². The summed E-state index contributed by atoms with van der Waals surface area (Å²) in [6.07, 6.45) is 0. The van der Waals surface area contributed by atoms with Crippen molar-refractivity contribution >= 4 is 31.9 Å². The quantitative estimate of drug-likeness (QED) is 0.716. The zero-order chi connectivity index (χ0) is 17.4. The van der Waals surface area contributed by atoms with E-state index in [1.165, 1.54) is 6.07 Å². The number of aromatic hydroxyl groups is 1. The first-order chi connectivity index (χ1) is 11.5. The van der Waals surface area contributed by atoms with Crippen LogP contribution in [0.3, 0.4) is 0 Å². The molecule has 2 aromatic rings. The Hall–Kier alpha value is -2.17. The number of halogens is 2. The molecule has 3 N–H and O–H groups in total. The first kappa shape index (κ1) is 16.7. The number of allylic oxidation sites excluding steroid dienone is 1. The monoisotopic (exact) mass is 450 g/mol. The van der Waals surface area contributed by atoms with Gasteiger partial charge in [0, 0.05) is 21.7 Å². The number of methoxy groups -OCH3 is 1. The number of phenols is 1. The second-order valence-electron chi connectivity index (χ2n) is 5.16. The number of nitrogens with zero attached hydrogens (tertiary/aromatic N) is 1. The van der Waals surface area contributed by atoms with E-state index in [4.69, 9.17) is 15.2 Å². The number of hydrogen-bond donors (Lipinski definition) is 2. The first-order valence-electron chi connectivity index (χ1n) is 6.89. The number of benzene rings is 2. The van der Waals surface area contributed by atoms with Gasteiger partial charge in [0.25, 0.3) is 0 Å². The maximum atomic E-state index is 9.70. The van der Waals surface area contributed by atoms with Crippen molar-refractivity contribution in [2.24, 2.45) is 5.73 Å². The molecule has 1 heterocycles. The Bertz CT molecular complexity index is 903. The van der Waals surface area contributed by atoms with Crippen molar-refractivity contribution in [2.75, 3.05) is 7.11 Å². The molecule has 0 saturated carbocycles. The van der Waals surface area contributed by atoms with Crippen LogP contribution in [0.1, 0.15) is 17.0 Å². The molecule has 122 valence electrons. The Morgan fingerprint density at radius 1 is 1.25 bits per heavy atom. The van der Waals surface area contributed by atoms with E-state index in [9.17, 15) is 10.4 Å². The maximum Gasteiger partial charge on any atom is 0.205 e. The third-order valence-corrected chi connectivity index (χ3v) is 4.80. The van der Waals surface area contributed by atoms with E-state index < -0.39 is 5.92 Å². The molecular formula is C17H12Br2N2O3. The maximum absolute atomic E-state index is 9.70. The van der Waals surface area contributed by atoms with Gasteiger partial charge in [-0.1, -0.05) is 22.0 Å². The van der Waals surface area contributed by atoms with Crippen LogP contribution in [0.15, 0.2) is 50.7 Å². The number of hydrogen-bond acceptors (Lipinski definition) is 5. The van der Waals surface area contributed by atoms with Crippen molar-refractivity contribution in [2.45, 2.75) is 5.92 Å². The van der Waals surface area contributed by atoms with Crippen LogP contribution in [0.2, 0.25) is 0 Å². The van der Waals surface area contributed by atoms with E-state index in [0.717, 1.165) is 20.1 Å². The molecule has 0 fully saturated rings. The normalized spacial score (nSPS) is 16.2. The van der Waals surface area contributed by atoms with Gasteiger partial charge in [-0.05, 0) is 34.1 Å². The molecule has 0 saturated heterocycles. The summed E-state index contributed by atoms with van der Waals surface area (Å²) in [7, 11) is 1.56. The van der Waals surface area contributed by atoms with E-state index >= 15 is 0 Å². The Kier molecular flexibility index (Phi) is 4.43. The van der Waals surface area contributed by atoms with E-state index in [1.807, 2.05) is 12.1 Å². The van der Waals surface area contributed by atoms with E-state index in [2.05, 4.69) is 37.9 Å². The minimum absolute atomic E-state index is 0.0127. The molecule has 2 aromatic carbocycles. The van der Waals surface area contributed by atoms with Gasteiger partial charge in [-0.25, -0.2) is 0 Å². The van der Waals surface area contributed by atoms with Gasteiger partial charge in [0.15, 0.2) is 0 Å². The summed E-state index contributed by atoms with van der Waals surface area (Å²) in [5.41, 5.74) is 7.71. The van der Waals surface area contributed by atoms with Crippen LogP contribution in [0.5, 0.6) is 17.2 Å². The topological polar surface area (TPSA) is 88.5 Å². The minimum atomic E-state index is -0.469. The summed E-state index contributed by atoms with van der Waals surface area (Å²) < 4.78 is 12.6. The molecule has 0 aliphatic carbocycles. The van der Waals surface area contributed by atoms with Gasteiger partial charge in [-0.15, -0.1) is 0 Å². The molecule has 7 heteroatoms. The number of ether oxygens (including phenoxy) is 2. The van der Waals surface area contributed by atoms with Crippen LogP contribution in [-0.2, 0) is 0 Å². The summed E-state index contributed by atoms with van der Waals surface area (Å²) >= 11 is 6.94. The minimum Gasteiger partial charge on any atom is -0.508 e. The fraction of sp³-hybridized carbons (Fsp3) is 0.118. The third-order valence-electron chi connectivity index (χ3n) is 3.75. The molecule has 1 aliphatic rings. The largest absolute Gasteiger partial charge is 0.508 e. The second-order valence-corrected chi connectivity index (χ2v) is 6.93. The van der Waals surface area contributed by atoms with Gasteiger partial charge in [-0.3, -0.25) is 0 Å². The van der Waals surface area contributed by atoms with Gasteiger partial charge in [0.1, 0.15) is 28.9 Å². The molecular weight excluding hydrogens is 440 g/mol. The molecule has 0 spiro atoms. The molecule has 24 heavy (non-hydrogen) atoms. The summed E-state index contributed by atoms with van der Waals surface area (Å²) in [6.45, 7) is 0. The number of nitriles is 1. The summed E-state index contributed by atoms with van der Waals surface area (Å²) in [5.74, 6) is 0.615. The Balaban J connectivity index is 2.32. The summed E-state index contributed by atoms with van der Waals surface area (Å²) in [4.78, 5) is 0. The molecule has 5 nitrogen and oxygen atoms in total. The SMILES string of the molecule is COc1c(Br)cc(Br)cc1[C@@H]1C(C#N)=C(N)Oc2cc(O)ccc21. The van der Waals surface area contributed by atoms with Gasteiger partial charge in [0.2, 0.25) is 5.88 Å². The highest BCUT2D eigenvalue weighted by molar-refractivity contribution is 9.11. The lowest BCUT2D eigenvalue weighted by atomic mass is 9.83. The molecule has 0 aromatic heterocycles. The number of fused-ring (bicyclic) bond motifs is 1. The Morgan fingerprint density at radius 3 is 2.67 bits per heavy atom. The predicted octanol–water partition coefficient (Wildman–Crippen LogP) is 4.14. The van der Waals surface area contributed by atoms with E-state index in [0.29, 0.717) is 11.5 Å². The fourth-order valence-corrected chi connectivity index (χ4v) is 4.19. The van der Waals surface area contributed by atoms with Crippen LogP contribution in [-0.4, -0.2) is 12.2 Å². The fourth-order valence-electron chi connectivity index (χ4n) is 2.77. The van der Waals surface area contributed by atoms with E-state index in [-0.39, 0.29) is 17.2 Å². The van der Waals surface area contributed by atoms with Crippen molar-refractivity contribution in [3.8, 4) is 23.3 Å². The van der Waals surface area contributed by atoms with Crippen molar-refractivity contribution in [1.82, 2.24) is 0 Å². The zero-order valence-corrected chi connectivity index (χ0v) is 15.7. The molecule has 0 amide bonds. The molecule has 1 atom stereocenters. The average molecular weight is 452 g/mol. The number of nitrogens with two attached hydrogens (primary N) is 1. The van der Waals surface area contributed by atoms with E-state index in [1.54, 1.807) is 19.2 Å². The molecule has 3 rings (SSSR count). The predicted molar refractivity (Wildman–Crippen MR) is 95.8 cm³/mol. The summed E-state index contributed by atoms with van der Waals surface area (Å²) in [6, 6.07) is 10.6. The van der Waals surface area contributed by atoms with Crippen LogP contribution in [0.4, 0.5) is 0 Å². The highest BCUT2D eigenvalue weighted by atomic mass is 79.9. The molecule has 0 radical (unpaired) electrons. The first-order valence-corrected chi connectivity index (χ1v) is 8.48. The van der Waals surface area contributed by atoms with Crippen LogP contribution < -0.4 is 15.2 Å². The van der Waals surface area contributed by atoms with Crippen molar-refractivity contribution in [1.29, 1.82) is 5.26 Å². The highest BCUT2D eigenvalue weighted by Crippen LogP contribution is 2.48. The Labute approximate surface area is 155 Å². The molecule has 0 bridgehead atoms. The molecule has 1 aliphatic heterocycles. The number of rotatable bonds is 2. The van der Waals surface area contributed by atoms with Gasteiger partial charge in [0.05, 0.1) is 17.5 Å². The molecule has 0 unspecified atom stereocenters. The summed E-state index contributed by atoms with van der Waals surface area (Å²) in [5, 5.41) is 19.3. The van der Waals surface area contributed by atoms with Gasteiger partial charge in [-0.2, -0.15) is 5.26 Å². The van der Waals surface area contributed by atoms with Crippen molar-refractivity contribution in [3.05, 3.63) is 61.9 Å². The lowest BCUT2D eigenvalue weighted by molar-refractivity contribution is 0.382. The average Bonchev–Trinajstić information content (AvgIpc) is 2.52. The highest BCUT2D eigenvalue weighted by Gasteiger charge is 2.33.